The maximum atomic E-state index is 11.6. The van der Waals surface area contributed by atoms with Gasteiger partial charge in [0, 0.05) is 19.6 Å². The third kappa shape index (κ3) is 5.61. The summed E-state index contributed by atoms with van der Waals surface area (Å²) in [4.78, 5) is 6.33. The first-order chi connectivity index (χ1) is 11.8. The summed E-state index contributed by atoms with van der Waals surface area (Å²) in [6, 6.07) is 8.03. The molecule has 0 radical (unpaired) electrons. The van der Waals surface area contributed by atoms with E-state index >= 15 is 0 Å². The SMILES string of the molecule is CN=C(NCC(c1cccc(OC)c1)N(C)C)NC1CCS(=O)(=O)C1. The average Bonchev–Trinajstić information content (AvgIpc) is 2.92. The molecule has 1 fully saturated rings. The van der Waals surface area contributed by atoms with Gasteiger partial charge in [0.05, 0.1) is 24.7 Å². The average molecular weight is 369 g/mol. The molecule has 0 amide bonds. The number of rotatable bonds is 6. The van der Waals surface area contributed by atoms with E-state index in [-0.39, 0.29) is 23.6 Å². The fraction of sp³-hybridized carbons (Fsp3) is 0.588. The Morgan fingerprint density at radius 3 is 2.76 bits per heavy atom. The molecule has 1 aromatic rings. The summed E-state index contributed by atoms with van der Waals surface area (Å²) in [6.45, 7) is 0.638. The van der Waals surface area contributed by atoms with Crippen LogP contribution in [0.5, 0.6) is 5.75 Å². The maximum Gasteiger partial charge on any atom is 0.191 e. The predicted octanol–water partition coefficient (Wildman–Crippen LogP) is 0.650. The van der Waals surface area contributed by atoms with Gasteiger partial charge >= 0.3 is 0 Å². The Balaban J connectivity index is 1.99. The summed E-state index contributed by atoms with van der Waals surface area (Å²) in [6.07, 6.45) is 0.621. The van der Waals surface area contributed by atoms with Crippen LogP contribution in [0.4, 0.5) is 0 Å². The number of benzene rings is 1. The van der Waals surface area contributed by atoms with Gasteiger partial charge in [0.1, 0.15) is 5.75 Å². The lowest BCUT2D eigenvalue weighted by molar-refractivity contribution is 0.297. The monoisotopic (exact) mass is 368 g/mol. The molecule has 2 unspecified atom stereocenters. The summed E-state index contributed by atoms with van der Waals surface area (Å²) in [5.41, 5.74) is 1.13. The molecule has 0 aliphatic carbocycles. The van der Waals surface area contributed by atoms with Crippen molar-refractivity contribution in [2.24, 2.45) is 4.99 Å². The molecule has 140 valence electrons. The van der Waals surface area contributed by atoms with Crippen molar-refractivity contribution >= 4 is 15.8 Å². The molecule has 1 aliphatic heterocycles. The highest BCUT2D eigenvalue weighted by Crippen LogP contribution is 2.22. The van der Waals surface area contributed by atoms with Crippen molar-refractivity contribution < 1.29 is 13.2 Å². The van der Waals surface area contributed by atoms with Crippen molar-refractivity contribution in [3.8, 4) is 5.75 Å². The van der Waals surface area contributed by atoms with Crippen molar-refractivity contribution in [1.82, 2.24) is 15.5 Å². The molecule has 25 heavy (non-hydrogen) atoms. The maximum absolute atomic E-state index is 11.6. The molecule has 1 aromatic carbocycles. The fourth-order valence-corrected chi connectivity index (χ4v) is 4.61. The minimum atomic E-state index is -2.91. The zero-order valence-corrected chi connectivity index (χ0v) is 16.1. The Hall–Kier alpha value is -1.80. The Morgan fingerprint density at radius 2 is 2.20 bits per heavy atom. The smallest absolute Gasteiger partial charge is 0.191 e. The van der Waals surface area contributed by atoms with E-state index in [1.807, 2.05) is 32.3 Å². The molecule has 7 nitrogen and oxygen atoms in total. The minimum Gasteiger partial charge on any atom is -0.497 e. The number of guanidine groups is 1. The first-order valence-electron chi connectivity index (χ1n) is 8.32. The molecular formula is C17H28N4O3S. The van der Waals surface area contributed by atoms with Gasteiger partial charge in [0.15, 0.2) is 15.8 Å². The van der Waals surface area contributed by atoms with Crippen LogP contribution in [0, 0.1) is 0 Å². The second-order valence-corrected chi connectivity index (χ2v) is 8.68. The third-order valence-electron chi connectivity index (χ3n) is 4.36. The van der Waals surface area contributed by atoms with E-state index in [0.717, 1.165) is 11.3 Å². The lowest BCUT2D eigenvalue weighted by atomic mass is 10.1. The summed E-state index contributed by atoms with van der Waals surface area (Å²) >= 11 is 0. The number of methoxy groups -OCH3 is 1. The van der Waals surface area contributed by atoms with Crippen LogP contribution in [-0.4, -0.2) is 71.6 Å². The highest BCUT2D eigenvalue weighted by molar-refractivity contribution is 7.91. The van der Waals surface area contributed by atoms with E-state index in [4.69, 9.17) is 4.74 Å². The Labute approximate surface area is 150 Å². The highest BCUT2D eigenvalue weighted by Gasteiger charge is 2.28. The predicted molar refractivity (Wildman–Crippen MR) is 101 cm³/mol. The van der Waals surface area contributed by atoms with Crippen molar-refractivity contribution in [3.63, 3.8) is 0 Å². The summed E-state index contributed by atoms with van der Waals surface area (Å²) < 4.78 is 28.5. The molecule has 2 N–H and O–H groups in total. The van der Waals surface area contributed by atoms with Crippen LogP contribution >= 0.6 is 0 Å². The van der Waals surface area contributed by atoms with Gasteiger partial charge < -0.3 is 20.3 Å². The number of sulfone groups is 1. The molecule has 1 saturated heterocycles. The molecule has 0 bridgehead atoms. The van der Waals surface area contributed by atoms with Crippen LogP contribution in [0.3, 0.4) is 0 Å². The number of hydrogen-bond donors (Lipinski definition) is 2. The van der Waals surface area contributed by atoms with E-state index in [0.29, 0.717) is 18.9 Å². The Morgan fingerprint density at radius 1 is 1.44 bits per heavy atom. The number of ether oxygens (including phenoxy) is 1. The van der Waals surface area contributed by atoms with E-state index in [9.17, 15) is 8.42 Å². The molecule has 8 heteroatoms. The normalized spacial score (nSPS) is 21.2. The van der Waals surface area contributed by atoms with Crippen LogP contribution in [-0.2, 0) is 9.84 Å². The molecule has 1 aliphatic rings. The van der Waals surface area contributed by atoms with Crippen molar-refractivity contribution in [2.45, 2.75) is 18.5 Å². The van der Waals surface area contributed by atoms with Crippen molar-refractivity contribution in [3.05, 3.63) is 29.8 Å². The number of aliphatic imine (C=N–C) groups is 1. The quantitative estimate of drug-likeness (QED) is 0.567. The lowest BCUT2D eigenvalue weighted by Gasteiger charge is -2.27. The van der Waals surface area contributed by atoms with Gasteiger partial charge in [0.25, 0.3) is 0 Å². The van der Waals surface area contributed by atoms with Crippen LogP contribution in [0.1, 0.15) is 18.0 Å². The third-order valence-corrected chi connectivity index (χ3v) is 6.13. The molecular weight excluding hydrogens is 340 g/mol. The number of nitrogens with zero attached hydrogens (tertiary/aromatic N) is 2. The lowest BCUT2D eigenvalue weighted by Crippen LogP contribution is -2.46. The standard InChI is InChI=1S/C17H28N4O3S/c1-18-17(20-14-8-9-25(22,23)12-14)19-11-16(21(2)3)13-6-5-7-15(10-13)24-4/h5-7,10,14,16H,8-9,11-12H2,1-4H3,(H2,18,19,20). The second-order valence-electron chi connectivity index (χ2n) is 6.45. The number of likely N-dealkylation sites (N-methyl/N-ethyl adjacent to an activating group) is 1. The van der Waals surface area contributed by atoms with Crippen LogP contribution in [0.2, 0.25) is 0 Å². The summed E-state index contributed by atoms with van der Waals surface area (Å²) in [7, 11) is 4.47. The van der Waals surface area contributed by atoms with E-state index in [1.54, 1.807) is 14.2 Å². The van der Waals surface area contributed by atoms with E-state index < -0.39 is 9.84 Å². The van der Waals surface area contributed by atoms with Crippen molar-refractivity contribution in [2.75, 3.05) is 46.3 Å². The van der Waals surface area contributed by atoms with Gasteiger partial charge in [-0.05, 0) is 38.2 Å². The van der Waals surface area contributed by atoms with E-state index in [2.05, 4.69) is 26.6 Å². The number of hydrogen-bond acceptors (Lipinski definition) is 5. The van der Waals surface area contributed by atoms with Gasteiger partial charge in [0.2, 0.25) is 0 Å². The first-order valence-corrected chi connectivity index (χ1v) is 10.1. The molecule has 0 spiro atoms. The minimum absolute atomic E-state index is 0.0779. The van der Waals surface area contributed by atoms with E-state index in [1.165, 1.54) is 0 Å². The number of nitrogens with one attached hydrogen (secondary N) is 2. The van der Waals surface area contributed by atoms with Crippen LogP contribution < -0.4 is 15.4 Å². The van der Waals surface area contributed by atoms with Gasteiger partial charge in [-0.1, -0.05) is 12.1 Å². The van der Waals surface area contributed by atoms with Crippen molar-refractivity contribution in [1.29, 1.82) is 0 Å². The molecule has 0 saturated carbocycles. The topological polar surface area (TPSA) is 83.0 Å². The molecule has 1 heterocycles. The zero-order chi connectivity index (χ0) is 18.4. The largest absolute Gasteiger partial charge is 0.497 e. The van der Waals surface area contributed by atoms with Gasteiger partial charge in [-0.25, -0.2) is 8.42 Å². The fourth-order valence-electron chi connectivity index (χ4n) is 2.94. The van der Waals surface area contributed by atoms with Gasteiger partial charge in [-0.15, -0.1) is 0 Å². The molecule has 0 aromatic heterocycles. The van der Waals surface area contributed by atoms with Gasteiger partial charge in [-0.3, -0.25) is 4.99 Å². The highest BCUT2D eigenvalue weighted by atomic mass is 32.2. The van der Waals surface area contributed by atoms with Crippen LogP contribution in [0.25, 0.3) is 0 Å². The molecule has 2 atom stereocenters. The molecule has 2 rings (SSSR count). The van der Waals surface area contributed by atoms with Crippen LogP contribution in [0.15, 0.2) is 29.3 Å². The van der Waals surface area contributed by atoms with Gasteiger partial charge in [-0.2, -0.15) is 0 Å². The Kier molecular flexibility index (Phi) is 6.66. The summed E-state index contributed by atoms with van der Waals surface area (Å²) in [5.74, 6) is 1.85. The summed E-state index contributed by atoms with van der Waals surface area (Å²) in [5, 5.41) is 6.51. The Bertz CT molecular complexity index is 704. The first kappa shape index (κ1) is 19.5. The zero-order valence-electron chi connectivity index (χ0n) is 15.3. The second kappa shape index (κ2) is 8.53.